The summed E-state index contributed by atoms with van der Waals surface area (Å²) >= 11 is 0. The van der Waals surface area contributed by atoms with Crippen molar-refractivity contribution in [3.05, 3.63) is 12.2 Å². The summed E-state index contributed by atoms with van der Waals surface area (Å²) in [6.45, 7) is 17.1. The number of fused-ring (bicyclic) bond motifs is 2. The number of ketones is 4. The fourth-order valence-corrected chi connectivity index (χ4v) is 4.56. The van der Waals surface area contributed by atoms with Crippen molar-refractivity contribution < 1.29 is 33.4 Å². The summed E-state index contributed by atoms with van der Waals surface area (Å²) in [5.74, 6) is 1.34. The zero-order valence-electron chi connectivity index (χ0n) is 24.3. The van der Waals surface area contributed by atoms with E-state index in [1.807, 2.05) is 55.4 Å². The Morgan fingerprint density at radius 3 is 1.16 bits per heavy atom. The molecule has 0 saturated heterocycles. The highest BCUT2D eigenvalue weighted by molar-refractivity contribution is 5.92. The molecule has 3 aliphatic carbocycles. The predicted octanol–water partition coefficient (Wildman–Crippen LogP) is 4.75. The Kier molecular flexibility index (Phi) is 15.3. The van der Waals surface area contributed by atoms with Gasteiger partial charge in [-0.1, -0.05) is 67.5 Å². The van der Waals surface area contributed by atoms with Crippen LogP contribution in [-0.2, 0) is 33.4 Å². The van der Waals surface area contributed by atoms with Crippen molar-refractivity contribution in [3.8, 4) is 0 Å². The van der Waals surface area contributed by atoms with Gasteiger partial charge in [0.2, 0.25) is 0 Å². The maximum absolute atomic E-state index is 12.4. The number of carbonyl (C=O) groups is 4. The molecule has 2 bridgehead atoms. The van der Waals surface area contributed by atoms with Crippen molar-refractivity contribution in [2.24, 2.45) is 47.3 Å². The second-order valence-electron chi connectivity index (χ2n) is 11.4. The number of ether oxygens (including phenoxy) is 3. The monoisotopic (exact) mass is 522 g/mol. The molecule has 1 fully saturated rings. The van der Waals surface area contributed by atoms with Gasteiger partial charge in [0.25, 0.3) is 0 Å². The normalized spacial score (nSPS) is 22.5. The summed E-state index contributed by atoms with van der Waals surface area (Å²) in [7, 11) is 0. The van der Waals surface area contributed by atoms with E-state index < -0.39 is 0 Å². The molecule has 0 aromatic heterocycles. The summed E-state index contributed by atoms with van der Waals surface area (Å²) in [6, 6.07) is 0. The van der Waals surface area contributed by atoms with Crippen molar-refractivity contribution in [1.82, 2.24) is 0 Å². The number of allylic oxidation sites excluding steroid dienone is 2. The molecule has 0 aliphatic heterocycles. The third-order valence-corrected chi connectivity index (χ3v) is 7.06. The second-order valence-corrected chi connectivity index (χ2v) is 11.4. The molecule has 2 unspecified atom stereocenters. The number of hydrogen-bond donors (Lipinski definition) is 0. The smallest absolute Gasteiger partial charge is 0.160 e. The molecule has 3 rings (SSSR count). The Morgan fingerprint density at radius 2 is 0.892 bits per heavy atom. The van der Waals surface area contributed by atoms with Gasteiger partial charge in [-0.3, -0.25) is 19.2 Å². The van der Waals surface area contributed by atoms with Gasteiger partial charge in [-0.2, -0.15) is 0 Å². The van der Waals surface area contributed by atoms with Gasteiger partial charge in [-0.25, -0.2) is 0 Å². The molecule has 0 amide bonds. The standard InChI is InChI=1S/C16H24O2.C14H26O5/c1-9(2)15(17)13-11-5-7-12(8-6-11)14(13)16(18)10(3)4;1-11(2)13(15)9-18-7-5-17-6-8-19-10-14(16)12(3)4/h5,7,9-14H,6,8H2,1-4H3;11-12H,5-10H2,1-4H3/t11?,12?,13-,14-;/m0./s1. The highest BCUT2D eigenvalue weighted by Gasteiger charge is 2.48. The van der Waals surface area contributed by atoms with Crippen molar-refractivity contribution in [2.75, 3.05) is 39.6 Å². The molecule has 0 N–H and O–H groups in total. The molecular weight excluding hydrogens is 472 g/mol. The van der Waals surface area contributed by atoms with Crippen LogP contribution in [0.2, 0.25) is 0 Å². The quantitative estimate of drug-likeness (QED) is 0.213. The lowest BCUT2D eigenvalue weighted by molar-refractivity contribution is -0.141. The van der Waals surface area contributed by atoms with Crippen LogP contribution in [0.4, 0.5) is 0 Å². The second kappa shape index (κ2) is 17.0. The van der Waals surface area contributed by atoms with Crippen molar-refractivity contribution in [1.29, 1.82) is 0 Å². The van der Waals surface area contributed by atoms with Gasteiger partial charge in [0.05, 0.1) is 26.4 Å². The van der Waals surface area contributed by atoms with E-state index in [2.05, 4.69) is 12.2 Å². The largest absolute Gasteiger partial charge is 0.377 e. The maximum atomic E-state index is 12.4. The molecule has 212 valence electrons. The zero-order chi connectivity index (χ0) is 28.1. The first-order valence-electron chi connectivity index (χ1n) is 13.9. The highest BCUT2D eigenvalue weighted by atomic mass is 16.5. The summed E-state index contributed by atoms with van der Waals surface area (Å²) < 4.78 is 15.6. The van der Waals surface area contributed by atoms with Crippen LogP contribution in [-0.4, -0.2) is 62.8 Å². The minimum absolute atomic E-state index is 0.00723. The fraction of sp³-hybridized carbons (Fsp3) is 0.800. The minimum Gasteiger partial charge on any atom is -0.377 e. The lowest BCUT2D eigenvalue weighted by atomic mass is 9.58. The zero-order valence-corrected chi connectivity index (χ0v) is 24.3. The van der Waals surface area contributed by atoms with E-state index >= 15 is 0 Å². The molecule has 0 spiro atoms. The third kappa shape index (κ3) is 11.3. The van der Waals surface area contributed by atoms with Gasteiger partial charge in [0.1, 0.15) is 24.8 Å². The predicted molar refractivity (Wildman–Crippen MR) is 144 cm³/mol. The van der Waals surface area contributed by atoms with Gasteiger partial charge >= 0.3 is 0 Å². The van der Waals surface area contributed by atoms with Crippen LogP contribution >= 0.6 is 0 Å². The average Bonchev–Trinajstić information content (AvgIpc) is 2.86. The molecule has 0 radical (unpaired) electrons. The van der Waals surface area contributed by atoms with E-state index in [9.17, 15) is 19.2 Å². The van der Waals surface area contributed by atoms with Crippen LogP contribution in [0.1, 0.15) is 68.2 Å². The maximum Gasteiger partial charge on any atom is 0.160 e. The first-order valence-corrected chi connectivity index (χ1v) is 13.9. The van der Waals surface area contributed by atoms with Crippen LogP contribution in [0.15, 0.2) is 12.2 Å². The Labute approximate surface area is 224 Å². The topological polar surface area (TPSA) is 96.0 Å². The van der Waals surface area contributed by atoms with Crippen molar-refractivity contribution in [3.63, 3.8) is 0 Å². The first kappa shape index (κ1) is 33.3. The fourth-order valence-electron chi connectivity index (χ4n) is 4.56. The Bertz CT molecular complexity index is 704. The molecule has 1 saturated carbocycles. The highest BCUT2D eigenvalue weighted by Crippen LogP contribution is 2.47. The molecule has 4 atom stereocenters. The third-order valence-electron chi connectivity index (χ3n) is 7.06. The van der Waals surface area contributed by atoms with Crippen molar-refractivity contribution in [2.45, 2.75) is 68.2 Å². The number of hydrogen-bond acceptors (Lipinski definition) is 7. The number of rotatable bonds is 16. The van der Waals surface area contributed by atoms with Crippen LogP contribution in [0.25, 0.3) is 0 Å². The van der Waals surface area contributed by atoms with Crippen molar-refractivity contribution >= 4 is 23.1 Å². The number of Topliss-reactive ketones (excluding diaryl/α,β-unsaturated/α-hetero) is 4. The van der Waals surface area contributed by atoms with Gasteiger partial charge in [-0.05, 0) is 24.7 Å². The Balaban J connectivity index is 0.000000370. The van der Waals surface area contributed by atoms with Gasteiger partial charge in [0.15, 0.2) is 11.6 Å². The van der Waals surface area contributed by atoms with Gasteiger partial charge in [-0.15, -0.1) is 0 Å². The van der Waals surface area contributed by atoms with Crippen LogP contribution in [0.5, 0.6) is 0 Å². The summed E-state index contributed by atoms with van der Waals surface area (Å²) in [4.78, 5) is 47.3. The first-order chi connectivity index (χ1) is 17.4. The number of carbonyl (C=O) groups excluding carboxylic acids is 4. The van der Waals surface area contributed by atoms with Crippen LogP contribution < -0.4 is 0 Å². The molecule has 3 aliphatic rings. The molecule has 37 heavy (non-hydrogen) atoms. The summed E-state index contributed by atoms with van der Waals surface area (Å²) in [5.41, 5.74) is 0. The lowest BCUT2D eigenvalue weighted by Crippen LogP contribution is -2.47. The minimum atomic E-state index is -0.0522. The van der Waals surface area contributed by atoms with E-state index in [0.29, 0.717) is 38.3 Å². The van der Waals surface area contributed by atoms with Gasteiger partial charge in [0, 0.05) is 35.5 Å². The van der Waals surface area contributed by atoms with Gasteiger partial charge < -0.3 is 14.2 Å². The molecule has 0 aromatic carbocycles. The van der Waals surface area contributed by atoms with E-state index in [1.54, 1.807) is 0 Å². The molecule has 0 heterocycles. The van der Waals surface area contributed by atoms with E-state index in [-0.39, 0.29) is 71.9 Å². The van der Waals surface area contributed by atoms with E-state index in [1.165, 1.54) is 0 Å². The molecule has 7 nitrogen and oxygen atoms in total. The van der Waals surface area contributed by atoms with Crippen LogP contribution in [0, 0.1) is 47.3 Å². The SMILES string of the molecule is CC(C)C(=O)COCCOCCOCC(=O)C(C)C.CC(C)C(=O)[C@H]1C2C=CC(CC2)[C@@H]1C(=O)C(C)C. The van der Waals surface area contributed by atoms with E-state index in [4.69, 9.17) is 14.2 Å². The molecular formula is C30H50O7. The summed E-state index contributed by atoms with van der Waals surface area (Å²) in [5, 5.41) is 0. The molecule has 0 aromatic rings. The van der Waals surface area contributed by atoms with E-state index in [0.717, 1.165) is 12.8 Å². The average molecular weight is 523 g/mol. The lowest BCUT2D eigenvalue weighted by Gasteiger charge is -2.44. The Morgan fingerprint density at radius 1 is 0.568 bits per heavy atom. The Hall–Kier alpha value is -1.70. The summed E-state index contributed by atoms with van der Waals surface area (Å²) in [6.07, 6.45) is 6.52. The molecule has 7 heteroatoms. The van der Waals surface area contributed by atoms with Crippen LogP contribution in [0.3, 0.4) is 0 Å².